The molecule has 28 heteroatoms. The number of aliphatic hydroxyl groups is 5. The number of hydrogen-bond donors (Lipinski definition) is 10. The van der Waals surface area contributed by atoms with Gasteiger partial charge in [0.25, 0.3) is 5.91 Å². The number of fused-ring (bicyclic) bond motifs is 2. The van der Waals surface area contributed by atoms with Gasteiger partial charge in [0, 0.05) is 43.8 Å². The van der Waals surface area contributed by atoms with E-state index in [9.17, 15) is 53.4 Å². The number of likely N-dealkylation sites (N-methyl/N-ethyl adjacent to an activating group) is 1. The highest BCUT2D eigenvalue weighted by Crippen LogP contribution is 2.40. The molecule has 4 aliphatic heterocycles. The molecule has 0 radical (unpaired) electrons. The zero-order chi connectivity index (χ0) is 71.8. The van der Waals surface area contributed by atoms with Crippen LogP contribution in [0.1, 0.15) is 93.8 Å². The molecule has 15 atom stereocenters. The first kappa shape index (κ1) is 74.9. The number of carbonyl (C=O) groups excluding carboxylic acids is 7. The lowest BCUT2D eigenvalue weighted by Gasteiger charge is -2.34. The number of rotatable bonds is 18. The fraction of sp³-hybridized carbons (Fsp3) is 0.479. The van der Waals surface area contributed by atoms with Crippen molar-refractivity contribution in [2.75, 3.05) is 54.0 Å². The van der Waals surface area contributed by atoms with Crippen LogP contribution in [0.3, 0.4) is 0 Å². The van der Waals surface area contributed by atoms with E-state index in [-0.39, 0.29) is 42.0 Å². The number of Topliss-reactive ketones (excluding diaryl/α,β-unsaturated/α-hetero) is 1. The SMILES string of the molecule is CCCCCOc1ccc(-c2ccc(-c3ccc(C(=O)N[C@H]4C[C@@H](O)[C@@H](OCC[N+](C)(C)C)NC(=O)[C@@H]5[C@@H](O)[C@@H](C)CN5C(=O)[C@H]([C@@H](C)O)NC(=O)[C@H]([C@@H]5OB(c6ccc(C(F)(F)F)cc6)O[C@H]5c5ccc(O)cc5)CC(=O)[C@@H]5C[C@@H](O)CN5C(=O)[C@H]([C@@H](C)O)NC4=O)cc3)cc2)cc1. The number of phenols is 1. The fourth-order valence-electron chi connectivity index (χ4n) is 12.7. The van der Waals surface area contributed by atoms with E-state index < -0.39 is 177 Å². The predicted octanol–water partition coefficient (Wildman–Crippen LogP) is 3.37. The molecule has 4 heterocycles. The molecule has 6 amide bonds. The van der Waals surface area contributed by atoms with Crippen LogP contribution in [0, 0.1) is 11.8 Å². The first-order valence-electron chi connectivity index (χ1n) is 33.3. The molecule has 4 fully saturated rings. The minimum atomic E-state index is -4.74. The standard InChI is InChI=1S/C71H87BF3N7O17/c1-8-9-10-32-96-52-29-21-45(22-30-52)43-13-11-42(12-14-43)44-15-17-47(18-16-44)64(90)76-54-36-57(88)68(97-33-31-82(5,6)7)79-67(93)60-61(89)39(2)37-81(60)70(95)59(41(4)84)77-65(91)53(35-56(87)55-34-51(86)38-80(55)69(94)58(40(3)83)78-66(54)92)63-62(46-19-27-50(85)28-20-46)98-72(99-63)49-25-23-48(24-26-49)71(73,74)75/h11-30,39-41,51,53-55,57-63,68,83-84,86,88-89H,8-10,31-38H2,1-7H3,(H4-,76,77,78,79,85,90,91,92,93)/p+1/t39-,40+,41+,51+,53-,54-,55-,57+,58-,59-,60-,61-,62-,63-,68+/m0/s1. The number of aromatic hydroxyl groups is 1. The van der Waals surface area contributed by atoms with Gasteiger partial charge in [-0.3, -0.25) is 33.6 Å². The predicted molar refractivity (Wildman–Crippen MR) is 356 cm³/mol. The van der Waals surface area contributed by atoms with Crippen LogP contribution in [0.2, 0.25) is 0 Å². The van der Waals surface area contributed by atoms with Gasteiger partial charge in [-0.25, -0.2) is 0 Å². The van der Waals surface area contributed by atoms with Gasteiger partial charge in [-0.2, -0.15) is 13.2 Å². The normalized spacial score (nSPS) is 26.9. The molecule has 5 aromatic carbocycles. The smallest absolute Gasteiger partial charge is 0.494 e. The van der Waals surface area contributed by atoms with Gasteiger partial charge in [0.2, 0.25) is 29.5 Å². The van der Waals surface area contributed by atoms with Gasteiger partial charge >= 0.3 is 13.3 Å². The van der Waals surface area contributed by atoms with Crippen molar-refractivity contribution in [3.8, 4) is 33.8 Å². The number of alkyl halides is 3. The lowest BCUT2D eigenvalue weighted by Crippen LogP contribution is -2.61. The maximum atomic E-state index is 15.4. The second-order valence-electron chi connectivity index (χ2n) is 27.1. The number of ketones is 1. The van der Waals surface area contributed by atoms with Gasteiger partial charge in [-0.1, -0.05) is 112 Å². The number of hydrogen-bond acceptors (Lipinski definition) is 17. The summed E-state index contributed by atoms with van der Waals surface area (Å²) >= 11 is 0. The Balaban J connectivity index is 1.07. The summed E-state index contributed by atoms with van der Waals surface area (Å²) in [6.07, 6.45) is -17.2. The summed E-state index contributed by atoms with van der Waals surface area (Å²) in [4.78, 5) is 107. The Bertz CT molecular complexity index is 3620. The van der Waals surface area contributed by atoms with E-state index in [1.165, 1.54) is 43.3 Å². The van der Waals surface area contributed by atoms with Gasteiger partial charge in [0.1, 0.15) is 48.3 Å². The Morgan fingerprint density at radius 1 is 0.707 bits per heavy atom. The minimum Gasteiger partial charge on any atom is -0.508 e. The molecule has 532 valence electrons. The molecular weight excluding hydrogens is 1290 g/mol. The van der Waals surface area contributed by atoms with Crippen molar-refractivity contribution < 1.29 is 101 Å². The quantitative estimate of drug-likeness (QED) is 0.0342. The molecule has 9 rings (SSSR count). The first-order chi connectivity index (χ1) is 46.9. The van der Waals surface area contributed by atoms with Crippen LogP contribution >= 0.6 is 0 Å². The second kappa shape index (κ2) is 32.3. The molecule has 4 saturated heterocycles. The van der Waals surface area contributed by atoms with Gasteiger partial charge in [0.05, 0.1) is 88.5 Å². The van der Waals surface area contributed by atoms with E-state index in [4.69, 9.17) is 18.8 Å². The van der Waals surface area contributed by atoms with E-state index in [2.05, 4.69) is 28.2 Å². The maximum Gasteiger partial charge on any atom is 0.494 e. The number of phenolic OH excluding ortho intramolecular Hbond substituents is 1. The lowest BCUT2D eigenvalue weighted by molar-refractivity contribution is -0.870. The van der Waals surface area contributed by atoms with Crippen LogP contribution in [0.15, 0.2) is 121 Å². The van der Waals surface area contributed by atoms with Gasteiger partial charge in [-0.15, -0.1) is 0 Å². The van der Waals surface area contributed by atoms with Crippen LogP contribution in [0.25, 0.3) is 22.3 Å². The summed E-state index contributed by atoms with van der Waals surface area (Å²) in [5.74, 6) is -9.61. The highest BCUT2D eigenvalue weighted by atomic mass is 19.4. The minimum absolute atomic E-state index is 0.0261. The van der Waals surface area contributed by atoms with Crippen molar-refractivity contribution in [1.82, 2.24) is 31.1 Å². The average Bonchev–Trinajstić information content (AvgIpc) is 1.66. The lowest BCUT2D eigenvalue weighted by atomic mass is 9.79. The number of amides is 6. The number of nitrogens with zero attached hydrogens (tertiary/aromatic N) is 3. The van der Waals surface area contributed by atoms with Crippen LogP contribution in [0.4, 0.5) is 13.2 Å². The summed E-state index contributed by atoms with van der Waals surface area (Å²) < 4.78 is 66.6. The molecular formula is C71H88BF3N7O17+. The molecule has 10 N–H and O–H groups in total. The Morgan fingerprint density at radius 2 is 1.27 bits per heavy atom. The summed E-state index contributed by atoms with van der Waals surface area (Å²) in [5, 5.41) is 78.9. The molecule has 0 aliphatic carbocycles. The number of benzene rings is 5. The van der Waals surface area contributed by atoms with Crippen LogP contribution in [0.5, 0.6) is 11.5 Å². The van der Waals surface area contributed by atoms with Crippen LogP contribution in [-0.2, 0) is 49.0 Å². The Labute approximate surface area is 572 Å². The molecule has 0 aromatic heterocycles. The molecule has 24 nitrogen and oxygen atoms in total. The third-order valence-electron chi connectivity index (χ3n) is 18.4. The fourth-order valence-corrected chi connectivity index (χ4v) is 12.7. The maximum absolute atomic E-state index is 15.4. The summed E-state index contributed by atoms with van der Waals surface area (Å²) in [5.41, 5.74) is 2.71. The molecule has 99 heavy (non-hydrogen) atoms. The van der Waals surface area contributed by atoms with E-state index in [0.29, 0.717) is 11.1 Å². The third kappa shape index (κ3) is 18.6. The Morgan fingerprint density at radius 3 is 1.84 bits per heavy atom. The number of quaternary nitrogens is 1. The van der Waals surface area contributed by atoms with Gasteiger partial charge in [0.15, 0.2) is 12.0 Å². The third-order valence-corrected chi connectivity index (χ3v) is 18.4. The Kier molecular flexibility index (Phi) is 24.5. The van der Waals surface area contributed by atoms with E-state index in [1.54, 1.807) is 12.1 Å². The Hall–Kier alpha value is -8.32. The van der Waals surface area contributed by atoms with Crippen molar-refractivity contribution >= 4 is 53.8 Å². The number of halogens is 3. The number of aliphatic hydroxyl groups excluding tert-OH is 5. The van der Waals surface area contributed by atoms with Gasteiger partial charge < -0.3 is 85.0 Å². The molecule has 5 aromatic rings. The van der Waals surface area contributed by atoms with Crippen LogP contribution < -0.4 is 31.5 Å². The number of carbonyl (C=O) groups is 7. The number of nitrogens with one attached hydrogen (secondary N) is 4. The van der Waals surface area contributed by atoms with Crippen molar-refractivity contribution in [3.63, 3.8) is 0 Å². The molecule has 0 saturated carbocycles. The summed E-state index contributed by atoms with van der Waals surface area (Å²) in [7, 11) is 3.96. The highest BCUT2D eigenvalue weighted by Gasteiger charge is 2.53. The average molecular weight is 1380 g/mol. The topological polar surface area (TPSA) is 332 Å². The molecule has 0 bridgehead atoms. The highest BCUT2D eigenvalue weighted by molar-refractivity contribution is 6.61. The first-order valence-corrected chi connectivity index (χ1v) is 33.3. The summed E-state index contributed by atoms with van der Waals surface area (Å²) in [6, 6.07) is 21.7. The van der Waals surface area contributed by atoms with E-state index in [0.717, 1.165) is 95.2 Å². The van der Waals surface area contributed by atoms with Crippen LogP contribution in [-0.4, -0.2) is 220 Å². The van der Waals surface area contributed by atoms with E-state index in [1.807, 2.05) is 69.7 Å². The van der Waals surface area contributed by atoms with E-state index >= 15 is 24.0 Å². The summed E-state index contributed by atoms with van der Waals surface area (Å²) in [6.45, 7) is 5.78. The van der Waals surface area contributed by atoms with Crippen molar-refractivity contribution in [2.45, 2.75) is 152 Å². The zero-order valence-corrected chi connectivity index (χ0v) is 56.2. The number of unbranched alkanes of at least 4 members (excludes halogenated alkanes) is 2. The largest absolute Gasteiger partial charge is 0.508 e. The molecule has 0 unspecified atom stereocenters. The van der Waals surface area contributed by atoms with Crippen molar-refractivity contribution in [1.29, 1.82) is 0 Å². The molecule has 0 spiro atoms. The molecule has 4 aliphatic rings. The monoisotopic (exact) mass is 1380 g/mol. The number of ether oxygens (including phenoxy) is 2. The van der Waals surface area contributed by atoms with Gasteiger partial charge in [-0.05, 0) is 89.9 Å². The van der Waals surface area contributed by atoms with Crippen molar-refractivity contribution in [3.05, 3.63) is 138 Å². The zero-order valence-electron chi connectivity index (χ0n) is 56.2. The van der Waals surface area contributed by atoms with Crippen molar-refractivity contribution in [2.24, 2.45) is 11.8 Å². The second-order valence-corrected chi connectivity index (χ2v) is 27.1.